The van der Waals surface area contributed by atoms with Gasteiger partial charge in [-0.2, -0.15) is 0 Å². The summed E-state index contributed by atoms with van der Waals surface area (Å²) in [6.07, 6.45) is -0.132. The van der Waals surface area contributed by atoms with Crippen LogP contribution in [0.1, 0.15) is 6.42 Å². The minimum atomic E-state index is -4.10. The van der Waals surface area contributed by atoms with E-state index in [1.165, 1.54) is 35.0 Å². The number of halogens is 1. The Labute approximate surface area is 158 Å². The van der Waals surface area contributed by atoms with E-state index in [0.717, 1.165) is 0 Å². The van der Waals surface area contributed by atoms with E-state index in [0.29, 0.717) is 18.0 Å². The summed E-state index contributed by atoms with van der Waals surface area (Å²) in [5, 5.41) is 11.1. The first-order valence-electron chi connectivity index (χ1n) is 7.58. The number of carbonyl (C=O) groups is 1. The first kappa shape index (κ1) is 18.9. The molecule has 11 nitrogen and oxygen atoms in total. The lowest BCUT2D eigenvalue weighted by Crippen LogP contribution is -2.36. The van der Waals surface area contributed by atoms with Crippen molar-refractivity contribution in [1.82, 2.24) is 14.3 Å². The molecule has 2 heterocycles. The molecule has 1 aromatic heterocycles. The van der Waals surface area contributed by atoms with Crippen LogP contribution in [0, 0.1) is 10.1 Å². The number of nitro groups is 1. The van der Waals surface area contributed by atoms with Crippen molar-refractivity contribution in [2.75, 3.05) is 6.61 Å². The summed E-state index contributed by atoms with van der Waals surface area (Å²) >= 11 is 5.69. The second-order valence-electron chi connectivity index (χ2n) is 5.52. The van der Waals surface area contributed by atoms with Crippen molar-refractivity contribution in [2.24, 2.45) is 0 Å². The molecule has 1 aromatic carbocycles. The Balaban J connectivity index is 1.55. The topological polar surface area (TPSA) is 143 Å². The Bertz CT molecular complexity index is 974. The number of hydrogen-bond acceptors (Lipinski definition) is 8. The lowest BCUT2D eigenvalue weighted by atomic mass is 10.2. The van der Waals surface area contributed by atoms with Crippen LogP contribution in [0.2, 0.25) is 5.02 Å². The summed E-state index contributed by atoms with van der Waals surface area (Å²) in [4.78, 5) is 25.4. The molecule has 1 aliphatic rings. The third-order valence-electron chi connectivity index (χ3n) is 3.62. The maximum absolute atomic E-state index is 12.1. The van der Waals surface area contributed by atoms with Crippen LogP contribution in [0.25, 0.3) is 0 Å². The van der Waals surface area contributed by atoms with E-state index in [9.17, 15) is 23.3 Å². The van der Waals surface area contributed by atoms with E-state index in [-0.39, 0.29) is 23.3 Å². The summed E-state index contributed by atoms with van der Waals surface area (Å²) in [5.74, 6) is -0.349. The zero-order valence-corrected chi connectivity index (χ0v) is 15.1. The predicted octanol–water partition coefficient (Wildman–Crippen LogP) is 1.71. The van der Waals surface area contributed by atoms with E-state index >= 15 is 0 Å². The molecule has 0 fully saturated rings. The van der Waals surface area contributed by atoms with Gasteiger partial charge in [0.15, 0.2) is 0 Å². The summed E-state index contributed by atoms with van der Waals surface area (Å²) in [7, 11) is -4.10. The molecule has 1 amide bonds. The molecule has 144 valence electrons. The molecule has 0 radical (unpaired) electrons. The second kappa shape index (κ2) is 7.40. The second-order valence-corrected chi connectivity index (χ2v) is 7.64. The van der Waals surface area contributed by atoms with E-state index in [1.807, 2.05) is 0 Å². The molecule has 2 aromatic rings. The van der Waals surface area contributed by atoms with Gasteiger partial charge in [-0.1, -0.05) is 11.6 Å². The molecular formula is C14H13ClN4O7S. The molecular weight excluding hydrogens is 404 g/mol. The molecule has 0 bridgehead atoms. The highest BCUT2D eigenvalue weighted by atomic mass is 35.5. The van der Waals surface area contributed by atoms with Gasteiger partial charge in [-0.05, 0) is 29.2 Å². The van der Waals surface area contributed by atoms with Crippen molar-refractivity contribution in [3.05, 3.63) is 45.6 Å². The number of rotatable bonds is 5. The number of hydrogen-bond donors (Lipinski definition) is 1. The fourth-order valence-electron chi connectivity index (χ4n) is 2.32. The number of imidazole rings is 1. The maximum atomic E-state index is 12.1. The van der Waals surface area contributed by atoms with Crippen LogP contribution in [-0.4, -0.2) is 41.7 Å². The van der Waals surface area contributed by atoms with E-state index in [4.69, 9.17) is 21.1 Å². The lowest BCUT2D eigenvalue weighted by molar-refractivity contribution is -0.389. The number of amides is 1. The number of nitrogens with zero attached hydrogens (tertiary/aromatic N) is 3. The average Bonchev–Trinajstić information content (AvgIpc) is 3.03. The number of aromatic nitrogens is 2. The van der Waals surface area contributed by atoms with Gasteiger partial charge in [0.25, 0.3) is 10.0 Å². The van der Waals surface area contributed by atoms with Crippen molar-refractivity contribution in [3.8, 4) is 6.01 Å². The molecule has 0 saturated heterocycles. The minimum Gasteiger partial charge on any atom is -0.445 e. The highest BCUT2D eigenvalue weighted by Crippen LogP contribution is 2.24. The normalized spacial score (nSPS) is 16.1. The molecule has 27 heavy (non-hydrogen) atoms. The third-order valence-corrected chi connectivity index (χ3v) is 5.20. The average molecular weight is 417 g/mol. The summed E-state index contributed by atoms with van der Waals surface area (Å²) in [6, 6.07) is 5.27. The summed E-state index contributed by atoms with van der Waals surface area (Å²) in [6.45, 7) is 0.136. The van der Waals surface area contributed by atoms with Gasteiger partial charge in [-0.25, -0.2) is 17.9 Å². The number of carbonyl (C=O) groups excluding carboxylic acids is 1. The van der Waals surface area contributed by atoms with Crippen LogP contribution in [0.15, 0.2) is 35.4 Å². The number of aryl methyl sites for hydroxylation is 1. The highest BCUT2D eigenvalue weighted by Gasteiger charge is 2.29. The van der Waals surface area contributed by atoms with Gasteiger partial charge < -0.3 is 19.6 Å². The van der Waals surface area contributed by atoms with Gasteiger partial charge in [0.1, 0.15) is 18.9 Å². The largest absolute Gasteiger partial charge is 0.445 e. The molecule has 1 aliphatic heterocycles. The Morgan fingerprint density at radius 3 is 2.81 bits per heavy atom. The van der Waals surface area contributed by atoms with Crippen LogP contribution in [0.4, 0.5) is 10.6 Å². The van der Waals surface area contributed by atoms with Gasteiger partial charge in [-0.3, -0.25) is 4.57 Å². The summed E-state index contributed by atoms with van der Waals surface area (Å²) in [5.41, 5.74) is 0. The Morgan fingerprint density at radius 1 is 1.44 bits per heavy atom. The van der Waals surface area contributed by atoms with Gasteiger partial charge >= 0.3 is 17.9 Å². The van der Waals surface area contributed by atoms with E-state index in [2.05, 4.69) is 4.98 Å². The van der Waals surface area contributed by atoms with Gasteiger partial charge in [-0.15, -0.1) is 0 Å². The fraction of sp³-hybridized carbons (Fsp3) is 0.286. The van der Waals surface area contributed by atoms with Crippen molar-refractivity contribution >= 4 is 33.5 Å². The zero-order valence-electron chi connectivity index (χ0n) is 13.6. The Morgan fingerprint density at radius 2 is 2.15 bits per heavy atom. The summed E-state index contributed by atoms with van der Waals surface area (Å²) < 4.78 is 37.7. The lowest BCUT2D eigenvalue weighted by Gasteiger charge is -2.21. The molecule has 1 atom stereocenters. The molecule has 0 aliphatic carbocycles. The molecule has 1 unspecified atom stereocenters. The van der Waals surface area contributed by atoms with Crippen molar-refractivity contribution in [1.29, 1.82) is 0 Å². The monoisotopic (exact) mass is 416 g/mol. The van der Waals surface area contributed by atoms with Crippen LogP contribution >= 0.6 is 11.6 Å². The number of nitrogens with one attached hydrogen (secondary N) is 1. The first-order chi connectivity index (χ1) is 12.7. The van der Waals surface area contributed by atoms with Gasteiger partial charge in [0.2, 0.25) is 0 Å². The number of ether oxygens (including phenoxy) is 2. The highest BCUT2D eigenvalue weighted by molar-refractivity contribution is 7.90. The molecule has 0 spiro atoms. The van der Waals surface area contributed by atoms with E-state index in [1.54, 1.807) is 4.72 Å². The van der Waals surface area contributed by atoms with Gasteiger partial charge in [0, 0.05) is 23.0 Å². The smallest absolute Gasteiger partial charge is 0.421 e. The SMILES string of the molecule is O=C(NS(=O)(=O)c1ccc(Cl)cc1)OCC1CCn2cc([N+](=O)[O-])nc2O1. The molecule has 13 heteroatoms. The van der Waals surface area contributed by atoms with Crippen LogP contribution in [-0.2, 0) is 21.3 Å². The standard InChI is InChI=1S/C14H13ClN4O7S/c15-9-1-3-11(4-2-9)27(23,24)17-14(20)25-8-10-5-6-18-7-12(19(21)22)16-13(18)26-10/h1-4,7,10H,5-6,8H2,(H,17,20). The van der Waals surface area contributed by atoms with Crippen molar-refractivity contribution in [2.45, 2.75) is 24.0 Å². The first-order valence-corrected chi connectivity index (χ1v) is 9.44. The van der Waals surface area contributed by atoms with Gasteiger partial charge in [0.05, 0.1) is 4.90 Å². The Hall–Kier alpha value is -2.86. The zero-order chi connectivity index (χ0) is 19.6. The molecule has 0 saturated carbocycles. The number of benzene rings is 1. The number of sulfonamides is 1. The van der Waals surface area contributed by atoms with Crippen molar-refractivity contribution in [3.63, 3.8) is 0 Å². The minimum absolute atomic E-state index is 0.0377. The van der Waals surface area contributed by atoms with Crippen LogP contribution < -0.4 is 9.46 Å². The van der Waals surface area contributed by atoms with Crippen LogP contribution in [0.3, 0.4) is 0 Å². The number of fused-ring (bicyclic) bond motifs is 1. The fourth-order valence-corrected chi connectivity index (χ4v) is 3.33. The predicted molar refractivity (Wildman–Crippen MR) is 91.0 cm³/mol. The Kier molecular flexibility index (Phi) is 5.19. The molecule has 1 N–H and O–H groups in total. The van der Waals surface area contributed by atoms with Crippen molar-refractivity contribution < 1.29 is 27.6 Å². The maximum Gasteiger partial charge on any atom is 0.421 e. The van der Waals surface area contributed by atoms with Crippen LogP contribution in [0.5, 0.6) is 6.01 Å². The third kappa shape index (κ3) is 4.46. The quantitative estimate of drug-likeness (QED) is 0.573. The van der Waals surface area contributed by atoms with E-state index < -0.39 is 27.1 Å². The molecule has 3 rings (SSSR count).